The van der Waals surface area contributed by atoms with Gasteiger partial charge < -0.3 is 19.4 Å². The number of halogens is 3. The highest BCUT2D eigenvalue weighted by Crippen LogP contribution is 2.43. The fraction of sp³-hybridized carbons (Fsp3) is 0.357. The summed E-state index contributed by atoms with van der Waals surface area (Å²) in [5, 5.41) is 0. The van der Waals surface area contributed by atoms with Gasteiger partial charge in [-0.15, -0.1) is 11.3 Å². The van der Waals surface area contributed by atoms with Crippen molar-refractivity contribution < 1.29 is 27.4 Å². The van der Waals surface area contributed by atoms with Gasteiger partial charge in [-0.25, -0.2) is 9.78 Å². The molecule has 0 radical (unpaired) electrons. The Kier molecular flexibility index (Phi) is 7.66. The third-order valence-electron chi connectivity index (χ3n) is 6.99. The number of hydrogen-bond acceptors (Lipinski definition) is 7. The van der Waals surface area contributed by atoms with Crippen LogP contribution in [0.25, 0.3) is 21.5 Å². The molecule has 0 saturated carbocycles. The summed E-state index contributed by atoms with van der Waals surface area (Å²) in [6.45, 7) is 6.04. The Bertz CT molecular complexity index is 1470. The summed E-state index contributed by atoms with van der Waals surface area (Å²) < 4.78 is 52.1. The lowest BCUT2D eigenvalue weighted by atomic mass is 10.0. The summed E-state index contributed by atoms with van der Waals surface area (Å²) in [5.41, 5.74) is 2.71. The highest BCUT2D eigenvalue weighted by atomic mass is 32.1. The SMILES string of the molecule is COC(=O)c1sc(-c2c(CN3CCN(C)CC3)ccc3[nH]cnc23)cc1O[C@H](C)c1ccccc1C(F)(F)F. The van der Waals surface area contributed by atoms with E-state index in [1.165, 1.54) is 43.6 Å². The molecule has 1 atom stereocenters. The standard InChI is InChI=1S/C28H29F3N4O3S/c1-17(19-6-4-5-7-20(19)28(29,30)31)38-22-14-23(39-26(22)27(36)37-3)24-18(8-9-21-25(24)33-16-32-21)15-35-12-10-34(2)11-13-35/h4-9,14,16-17H,10-13,15H2,1-3H3,(H,32,33)/t17-/m1/s1. The Morgan fingerprint density at radius 3 is 2.62 bits per heavy atom. The lowest BCUT2D eigenvalue weighted by molar-refractivity contribution is -0.139. The van der Waals surface area contributed by atoms with Gasteiger partial charge in [0.25, 0.3) is 0 Å². The molecular formula is C28H29F3N4O3S. The van der Waals surface area contributed by atoms with Gasteiger partial charge in [0.1, 0.15) is 11.9 Å². The van der Waals surface area contributed by atoms with E-state index in [0.29, 0.717) is 6.54 Å². The Morgan fingerprint density at radius 1 is 1.15 bits per heavy atom. The number of piperazine rings is 1. The predicted octanol–water partition coefficient (Wildman–Crippen LogP) is 5.98. The number of benzene rings is 2. The number of esters is 1. The van der Waals surface area contributed by atoms with Crippen LogP contribution in [0.3, 0.4) is 0 Å². The first-order chi connectivity index (χ1) is 18.7. The van der Waals surface area contributed by atoms with Gasteiger partial charge in [0.15, 0.2) is 4.88 Å². The number of rotatable bonds is 7. The smallest absolute Gasteiger partial charge is 0.416 e. The molecule has 2 aromatic carbocycles. The number of nitrogens with one attached hydrogen (secondary N) is 1. The van der Waals surface area contributed by atoms with Gasteiger partial charge in [-0.2, -0.15) is 13.2 Å². The lowest BCUT2D eigenvalue weighted by Crippen LogP contribution is -2.43. The first-order valence-electron chi connectivity index (χ1n) is 12.6. The zero-order valence-corrected chi connectivity index (χ0v) is 22.7. The van der Waals surface area contributed by atoms with Crippen molar-refractivity contribution in [3.63, 3.8) is 0 Å². The topological polar surface area (TPSA) is 70.7 Å². The van der Waals surface area contributed by atoms with Crippen LogP contribution < -0.4 is 4.74 Å². The molecule has 1 aliphatic heterocycles. The number of nitrogens with zero attached hydrogens (tertiary/aromatic N) is 3. The van der Waals surface area contributed by atoms with Gasteiger partial charge >= 0.3 is 12.1 Å². The number of hydrogen-bond donors (Lipinski definition) is 1. The highest BCUT2D eigenvalue weighted by molar-refractivity contribution is 7.17. The van der Waals surface area contributed by atoms with Gasteiger partial charge in [-0.3, -0.25) is 4.90 Å². The van der Waals surface area contributed by atoms with Crippen molar-refractivity contribution >= 4 is 28.3 Å². The van der Waals surface area contributed by atoms with E-state index in [9.17, 15) is 18.0 Å². The molecule has 206 valence electrons. The second-order valence-electron chi connectivity index (χ2n) is 9.62. The molecule has 1 saturated heterocycles. The van der Waals surface area contributed by atoms with Crippen LogP contribution >= 0.6 is 11.3 Å². The molecule has 0 unspecified atom stereocenters. The summed E-state index contributed by atoms with van der Waals surface area (Å²) in [7, 11) is 3.37. The van der Waals surface area contributed by atoms with E-state index < -0.39 is 23.8 Å². The molecule has 1 aliphatic rings. The zero-order chi connectivity index (χ0) is 27.7. The summed E-state index contributed by atoms with van der Waals surface area (Å²) >= 11 is 1.18. The van der Waals surface area contributed by atoms with E-state index in [1.807, 2.05) is 6.07 Å². The van der Waals surface area contributed by atoms with Crippen molar-refractivity contribution in [3.05, 3.63) is 70.4 Å². The number of likely N-dealkylation sites (N-methyl/N-ethyl adjacent to an activating group) is 1. The highest BCUT2D eigenvalue weighted by Gasteiger charge is 2.35. The van der Waals surface area contributed by atoms with Crippen LogP contribution in [0.15, 0.2) is 48.8 Å². The fourth-order valence-electron chi connectivity index (χ4n) is 4.89. The number of alkyl halides is 3. The molecule has 5 rings (SSSR count). The zero-order valence-electron chi connectivity index (χ0n) is 21.8. The first kappa shape index (κ1) is 27.2. The van der Waals surface area contributed by atoms with Crippen LogP contribution in [-0.2, 0) is 17.5 Å². The quantitative estimate of drug-likeness (QED) is 0.281. The number of carbonyl (C=O) groups is 1. The monoisotopic (exact) mass is 558 g/mol. The average molecular weight is 559 g/mol. The number of H-pyrrole nitrogens is 1. The Balaban J connectivity index is 1.55. The number of carbonyl (C=O) groups excluding carboxylic acids is 1. The van der Waals surface area contributed by atoms with E-state index in [0.717, 1.165) is 59.3 Å². The second-order valence-corrected chi connectivity index (χ2v) is 10.7. The number of imidazole rings is 1. The molecule has 1 N–H and O–H groups in total. The normalized spacial score (nSPS) is 15.9. The van der Waals surface area contributed by atoms with Gasteiger partial charge in [0.05, 0.1) is 30.0 Å². The molecule has 2 aromatic heterocycles. The van der Waals surface area contributed by atoms with E-state index in [1.54, 1.807) is 12.4 Å². The summed E-state index contributed by atoms with van der Waals surface area (Å²) in [5.74, 6) is -0.447. The average Bonchev–Trinajstić information content (AvgIpc) is 3.56. The van der Waals surface area contributed by atoms with Crippen LogP contribution in [0.5, 0.6) is 5.75 Å². The summed E-state index contributed by atoms with van der Waals surface area (Å²) in [6.07, 6.45) is -3.89. The lowest BCUT2D eigenvalue weighted by Gasteiger charge is -2.32. The maximum atomic E-state index is 13.7. The number of aromatic amines is 1. The predicted molar refractivity (Wildman–Crippen MR) is 144 cm³/mol. The molecule has 0 aliphatic carbocycles. The van der Waals surface area contributed by atoms with Gasteiger partial charge in [-0.05, 0) is 37.7 Å². The van der Waals surface area contributed by atoms with Crippen LogP contribution in [-0.4, -0.2) is 66.1 Å². The number of ether oxygens (including phenoxy) is 2. The van der Waals surface area contributed by atoms with Gasteiger partial charge in [-0.1, -0.05) is 24.3 Å². The minimum atomic E-state index is -4.53. The molecule has 0 bridgehead atoms. The molecule has 0 spiro atoms. The first-order valence-corrected chi connectivity index (χ1v) is 13.4. The third-order valence-corrected chi connectivity index (χ3v) is 8.10. The van der Waals surface area contributed by atoms with Crippen LogP contribution in [0.2, 0.25) is 0 Å². The number of thiophene rings is 1. The number of methoxy groups -OCH3 is 1. The van der Waals surface area contributed by atoms with E-state index >= 15 is 0 Å². The van der Waals surface area contributed by atoms with E-state index in [2.05, 4.69) is 32.9 Å². The van der Waals surface area contributed by atoms with Crippen molar-refractivity contribution in [3.8, 4) is 16.2 Å². The Morgan fingerprint density at radius 2 is 1.90 bits per heavy atom. The maximum absolute atomic E-state index is 13.7. The molecule has 7 nitrogen and oxygen atoms in total. The molecule has 4 aromatic rings. The van der Waals surface area contributed by atoms with Gasteiger partial charge in [0.2, 0.25) is 0 Å². The molecule has 1 fully saturated rings. The number of aromatic nitrogens is 2. The van der Waals surface area contributed by atoms with Crippen molar-refractivity contribution in [2.24, 2.45) is 0 Å². The van der Waals surface area contributed by atoms with Crippen molar-refractivity contribution in [1.82, 2.24) is 19.8 Å². The minimum absolute atomic E-state index is 0.0151. The van der Waals surface area contributed by atoms with Gasteiger partial charge in [0, 0.05) is 48.7 Å². The largest absolute Gasteiger partial charge is 0.484 e. The molecule has 0 amide bonds. The summed E-state index contributed by atoms with van der Waals surface area (Å²) in [4.78, 5) is 26.0. The Labute approximate surface area is 228 Å². The summed E-state index contributed by atoms with van der Waals surface area (Å²) in [6, 6.07) is 11.0. The second kappa shape index (κ2) is 11.0. The fourth-order valence-corrected chi connectivity index (χ4v) is 5.98. The molecule has 11 heteroatoms. The molecule has 39 heavy (non-hydrogen) atoms. The van der Waals surface area contributed by atoms with Crippen LogP contribution in [0, 0.1) is 0 Å². The van der Waals surface area contributed by atoms with Crippen molar-refractivity contribution in [1.29, 1.82) is 0 Å². The third kappa shape index (κ3) is 5.66. The van der Waals surface area contributed by atoms with Crippen LogP contribution in [0.1, 0.15) is 39.4 Å². The molecule has 3 heterocycles. The minimum Gasteiger partial charge on any atom is -0.484 e. The Hall–Kier alpha value is -3.41. The van der Waals surface area contributed by atoms with E-state index in [-0.39, 0.29) is 16.2 Å². The van der Waals surface area contributed by atoms with Crippen molar-refractivity contribution in [2.75, 3.05) is 40.3 Å². The van der Waals surface area contributed by atoms with Crippen LogP contribution in [0.4, 0.5) is 13.2 Å². The maximum Gasteiger partial charge on any atom is 0.416 e. The number of fused-ring (bicyclic) bond motifs is 1. The van der Waals surface area contributed by atoms with E-state index in [4.69, 9.17) is 9.47 Å². The molecular weight excluding hydrogens is 529 g/mol. The van der Waals surface area contributed by atoms with Crippen molar-refractivity contribution in [2.45, 2.75) is 25.7 Å².